The van der Waals surface area contributed by atoms with Crippen LogP contribution in [-0.2, 0) is 4.79 Å². The molecule has 0 spiro atoms. The van der Waals surface area contributed by atoms with Gasteiger partial charge in [-0.2, -0.15) is 0 Å². The van der Waals surface area contributed by atoms with E-state index in [-0.39, 0.29) is 11.9 Å². The first-order valence-corrected chi connectivity index (χ1v) is 5.79. The summed E-state index contributed by atoms with van der Waals surface area (Å²) in [4.78, 5) is 13.8. The molecule has 0 aliphatic carbocycles. The van der Waals surface area contributed by atoms with Crippen molar-refractivity contribution < 1.29 is 4.79 Å². The monoisotopic (exact) mass is 213 g/mol. The molecule has 0 radical (unpaired) electrons. The average molecular weight is 213 g/mol. The highest BCUT2D eigenvalue weighted by Crippen LogP contribution is 2.06. The van der Waals surface area contributed by atoms with Crippen molar-refractivity contribution in [3.8, 4) is 0 Å². The van der Waals surface area contributed by atoms with Crippen LogP contribution in [0, 0.1) is 0 Å². The lowest BCUT2D eigenvalue weighted by Gasteiger charge is -2.25. The van der Waals surface area contributed by atoms with E-state index >= 15 is 0 Å². The molecule has 1 fully saturated rings. The van der Waals surface area contributed by atoms with Crippen molar-refractivity contribution in [2.24, 2.45) is 0 Å². The van der Waals surface area contributed by atoms with Gasteiger partial charge in [0.25, 0.3) is 0 Å². The van der Waals surface area contributed by atoms with Crippen molar-refractivity contribution in [2.75, 3.05) is 27.2 Å². The van der Waals surface area contributed by atoms with Crippen LogP contribution in [0.1, 0.15) is 26.2 Å². The number of nitrogens with zero attached hydrogens (tertiary/aromatic N) is 1. The molecule has 15 heavy (non-hydrogen) atoms. The zero-order chi connectivity index (χ0) is 11.3. The topological polar surface area (TPSA) is 44.4 Å². The van der Waals surface area contributed by atoms with Gasteiger partial charge in [0, 0.05) is 12.6 Å². The van der Waals surface area contributed by atoms with Crippen molar-refractivity contribution in [3.05, 3.63) is 0 Å². The molecule has 88 valence electrons. The van der Waals surface area contributed by atoms with Crippen LogP contribution in [0.25, 0.3) is 0 Å². The summed E-state index contributed by atoms with van der Waals surface area (Å²) < 4.78 is 0. The van der Waals surface area contributed by atoms with Crippen LogP contribution in [0.3, 0.4) is 0 Å². The molecule has 1 saturated heterocycles. The molecule has 0 aromatic rings. The Labute approximate surface area is 92.4 Å². The van der Waals surface area contributed by atoms with Gasteiger partial charge in [-0.05, 0) is 40.4 Å². The van der Waals surface area contributed by atoms with E-state index in [9.17, 15) is 4.79 Å². The molecule has 1 aliphatic heterocycles. The van der Waals surface area contributed by atoms with Crippen LogP contribution in [0.5, 0.6) is 0 Å². The molecule has 1 rings (SSSR count). The zero-order valence-corrected chi connectivity index (χ0v) is 10.0. The fourth-order valence-electron chi connectivity index (χ4n) is 1.63. The molecule has 1 aliphatic rings. The van der Waals surface area contributed by atoms with E-state index in [1.807, 2.05) is 14.1 Å². The number of carbonyl (C=O) groups excluding carboxylic acids is 1. The smallest absolute Gasteiger partial charge is 0.237 e. The Hall–Kier alpha value is -0.610. The van der Waals surface area contributed by atoms with Crippen molar-refractivity contribution in [2.45, 2.75) is 38.3 Å². The van der Waals surface area contributed by atoms with E-state index in [0.29, 0.717) is 6.04 Å². The molecule has 1 amide bonds. The van der Waals surface area contributed by atoms with Gasteiger partial charge in [0.15, 0.2) is 0 Å². The van der Waals surface area contributed by atoms with Gasteiger partial charge in [-0.1, -0.05) is 6.42 Å². The van der Waals surface area contributed by atoms with Crippen LogP contribution in [-0.4, -0.2) is 50.1 Å². The summed E-state index contributed by atoms with van der Waals surface area (Å²) in [6, 6.07) is 0.422. The fraction of sp³-hybridized carbons (Fsp3) is 0.909. The van der Waals surface area contributed by atoms with Crippen molar-refractivity contribution in [1.29, 1.82) is 0 Å². The van der Waals surface area contributed by atoms with E-state index in [1.165, 1.54) is 6.42 Å². The number of nitrogens with one attached hydrogen (secondary N) is 2. The Kier molecular flexibility index (Phi) is 5.05. The van der Waals surface area contributed by atoms with E-state index in [1.54, 1.807) is 0 Å². The lowest BCUT2D eigenvalue weighted by molar-refractivity contribution is -0.123. The molecule has 0 saturated carbocycles. The summed E-state index contributed by atoms with van der Waals surface area (Å²) in [5, 5.41) is 6.24. The van der Waals surface area contributed by atoms with E-state index in [2.05, 4.69) is 22.5 Å². The molecule has 0 aromatic carbocycles. The van der Waals surface area contributed by atoms with Crippen LogP contribution >= 0.6 is 0 Å². The molecule has 4 nitrogen and oxygen atoms in total. The summed E-state index contributed by atoms with van der Waals surface area (Å²) in [6.45, 7) is 3.81. The van der Waals surface area contributed by atoms with Crippen LogP contribution in [0.4, 0.5) is 0 Å². The molecule has 2 N–H and O–H groups in total. The van der Waals surface area contributed by atoms with E-state index < -0.39 is 0 Å². The molecular formula is C11H23N3O. The second kappa shape index (κ2) is 6.08. The summed E-state index contributed by atoms with van der Waals surface area (Å²) in [5.74, 6) is 0.156. The standard InChI is InChI=1S/C11H23N3O/c1-9(14(2)3)8-13-11(15)10-6-4-5-7-12-10/h9-10,12H,4-8H2,1-3H3,(H,13,15)/t9?,10-/m0/s1. The number of carbonyl (C=O) groups is 1. The number of likely N-dealkylation sites (N-methyl/N-ethyl adjacent to an activating group) is 1. The SMILES string of the molecule is CC(CNC(=O)[C@@H]1CCCCN1)N(C)C. The molecule has 1 unspecified atom stereocenters. The van der Waals surface area contributed by atoms with E-state index in [0.717, 1.165) is 25.9 Å². The van der Waals surface area contributed by atoms with Crippen LogP contribution in [0.2, 0.25) is 0 Å². The van der Waals surface area contributed by atoms with Crippen molar-refractivity contribution in [3.63, 3.8) is 0 Å². The molecule has 4 heteroatoms. The molecule has 2 atom stereocenters. The van der Waals surface area contributed by atoms with Crippen molar-refractivity contribution >= 4 is 5.91 Å². The minimum Gasteiger partial charge on any atom is -0.353 e. The highest BCUT2D eigenvalue weighted by Gasteiger charge is 2.20. The summed E-state index contributed by atoms with van der Waals surface area (Å²) in [7, 11) is 4.05. The Balaban J connectivity index is 2.22. The average Bonchev–Trinajstić information content (AvgIpc) is 2.26. The summed E-state index contributed by atoms with van der Waals surface area (Å²) >= 11 is 0. The van der Waals surface area contributed by atoms with Gasteiger partial charge in [0.05, 0.1) is 6.04 Å². The first-order valence-electron chi connectivity index (χ1n) is 5.79. The Morgan fingerprint density at radius 3 is 2.80 bits per heavy atom. The van der Waals surface area contributed by atoms with Gasteiger partial charge in [0.2, 0.25) is 5.91 Å². The maximum atomic E-state index is 11.7. The molecule has 1 heterocycles. The lowest BCUT2D eigenvalue weighted by atomic mass is 10.0. The summed E-state index contributed by atoms with van der Waals surface area (Å²) in [6.07, 6.45) is 3.33. The number of hydrogen-bond acceptors (Lipinski definition) is 3. The van der Waals surface area contributed by atoms with Gasteiger partial charge in [-0.25, -0.2) is 0 Å². The quantitative estimate of drug-likeness (QED) is 0.701. The Bertz CT molecular complexity index is 200. The normalized spacial score (nSPS) is 23.9. The number of amides is 1. The molecular weight excluding hydrogens is 190 g/mol. The minimum atomic E-state index is 0.0353. The zero-order valence-electron chi connectivity index (χ0n) is 10.0. The third-order valence-corrected chi connectivity index (χ3v) is 3.08. The predicted octanol–water partition coefficient (Wildman–Crippen LogP) is 0.195. The van der Waals surface area contributed by atoms with Gasteiger partial charge >= 0.3 is 0 Å². The lowest BCUT2D eigenvalue weighted by Crippen LogP contribution is -2.49. The van der Waals surface area contributed by atoms with E-state index in [4.69, 9.17) is 0 Å². The number of hydrogen-bond donors (Lipinski definition) is 2. The number of rotatable bonds is 4. The first-order chi connectivity index (χ1) is 7.11. The third-order valence-electron chi connectivity index (χ3n) is 3.08. The first kappa shape index (κ1) is 12.5. The highest BCUT2D eigenvalue weighted by molar-refractivity contribution is 5.81. The van der Waals surface area contributed by atoms with Gasteiger partial charge in [0.1, 0.15) is 0 Å². The van der Waals surface area contributed by atoms with Crippen molar-refractivity contribution in [1.82, 2.24) is 15.5 Å². The van der Waals surface area contributed by atoms with Crippen LogP contribution < -0.4 is 10.6 Å². The summed E-state index contributed by atoms with van der Waals surface area (Å²) in [5.41, 5.74) is 0. The predicted molar refractivity (Wildman–Crippen MR) is 61.8 cm³/mol. The number of piperidine rings is 1. The fourth-order valence-corrected chi connectivity index (χ4v) is 1.63. The second-order valence-electron chi connectivity index (χ2n) is 4.56. The maximum Gasteiger partial charge on any atom is 0.237 e. The molecule has 0 aromatic heterocycles. The highest BCUT2D eigenvalue weighted by atomic mass is 16.2. The second-order valence-corrected chi connectivity index (χ2v) is 4.56. The largest absolute Gasteiger partial charge is 0.353 e. The Morgan fingerprint density at radius 2 is 2.27 bits per heavy atom. The Morgan fingerprint density at radius 1 is 1.53 bits per heavy atom. The third kappa shape index (κ3) is 4.18. The maximum absolute atomic E-state index is 11.7. The van der Waals surface area contributed by atoms with Gasteiger partial charge in [-0.15, -0.1) is 0 Å². The molecule has 0 bridgehead atoms. The van der Waals surface area contributed by atoms with Crippen LogP contribution in [0.15, 0.2) is 0 Å². The van der Waals surface area contributed by atoms with Gasteiger partial charge < -0.3 is 15.5 Å². The van der Waals surface area contributed by atoms with Gasteiger partial charge in [-0.3, -0.25) is 4.79 Å². The minimum absolute atomic E-state index is 0.0353.